The minimum atomic E-state index is -0.171. The van der Waals surface area contributed by atoms with Gasteiger partial charge in [0.15, 0.2) is 5.69 Å². The lowest BCUT2D eigenvalue weighted by atomic mass is 9.76. The maximum Gasteiger partial charge on any atom is 0.276 e. The highest BCUT2D eigenvalue weighted by Crippen LogP contribution is 2.35. The van der Waals surface area contributed by atoms with Crippen molar-refractivity contribution in [3.8, 4) is 0 Å². The third kappa shape index (κ3) is 3.78. The zero-order valence-corrected chi connectivity index (χ0v) is 16.2. The van der Waals surface area contributed by atoms with Gasteiger partial charge in [0.05, 0.1) is 17.9 Å². The molecule has 2 heterocycles. The van der Waals surface area contributed by atoms with Crippen molar-refractivity contribution in [2.24, 2.45) is 11.3 Å². The van der Waals surface area contributed by atoms with Gasteiger partial charge < -0.3 is 10.4 Å². The fourth-order valence-corrected chi connectivity index (χ4v) is 4.42. The van der Waals surface area contributed by atoms with E-state index in [0.29, 0.717) is 23.3 Å². The van der Waals surface area contributed by atoms with E-state index in [1.165, 1.54) is 0 Å². The predicted octanol–water partition coefficient (Wildman–Crippen LogP) is 3.10. The van der Waals surface area contributed by atoms with Gasteiger partial charge in [-0.15, -0.1) is 0 Å². The molecule has 2 aliphatic carbocycles. The second-order valence-electron chi connectivity index (χ2n) is 8.89. The molecule has 0 saturated heterocycles. The predicted molar refractivity (Wildman–Crippen MR) is 103 cm³/mol. The first-order valence-electron chi connectivity index (χ1n) is 9.97. The number of hydrogen-bond acceptors (Lipinski definition) is 4. The molecule has 0 aliphatic heterocycles. The average molecular weight is 371 g/mol. The summed E-state index contributed by atoms with van der Waals surface area (Å²) in [6, 6.07) is 0.346. The summed E-state index contributed by atoms with van der Waals surface area (Å²) in [6.45, 7) is 4.77. The number of fused-ring (bicyclic) bond motifs is 1. The van der Waals surface area contributed by atoms with E-state index in [1.807, 2.05) is 10.9 Å². The smallest absolute Gasteiger partial charge is 0.276 e. The van der Waals surface area contributed by atoms with Crippen molar-refractivity contribution in [1.29, 1.82) is 0 Å². The lowest BCUT2D eigenvalue weighted by molar-refractivity contribution is 0.102. The van der Waals surface area contributed by atoms with E-state index in [1.54, 1.807) is 6.20 Å². The Kier molecular flexibility index (Phi) is 4.80. The molecule has 1 fully saturated rings. The van der Waals surface area contributed by atoms with Gasteiger partial charge in [-0.3, -0.25) is 14.6 Å². The summed E-state index contributed by atoms with van der Waals surface area (Å²) in [5.74, 6) is 0.252. The van der Waals surface area contributed by atoms with Crippen LogP contribution < -0.4 is 5.32 Å². The largest absolute Gasteiger partial charge is 0.396 e. The van der Waals surface area contributed by atoms with Gasteiger partial charge in [0.1, 0.15) is 0 Å². The maximum atomic E-state index is 12.7. The molecule has 0 radical (unpaired) electrons. The number of aliphatic hydroxyl groups is 1. The molecule has 0 bridgehead atoms. The van der Waals surface area contributed by atoms with Crippen molar-refractivity contribution in [3.63, 3.8) is 0 Å². The van der Waals surface area contributed by atoms with Crippen LogP contribution in [0.25, 0.3) is 0 Å². The summed E-state index contributed by atoms with van der Waals surface area (Å²) in [6.07, 6.45) is 10.6. The molecule has 27 heavy (non-hydrogen) atoms. The number of carbonyl (C=O) groups excluding carboxylic acids is 1. The van der Waals surface area contributed by atoms with Crippen LogP contribution in [0, 0.1) is 11.3 Å². The Morgan fingerprint density at radius 3 is 2.89 bits per heavy atom. The maximum absolute atomic E-state index is 12.7. The van der Waals surface area contributed by atoms with Crippen LogP contribution in [0.15, 0.2) is 12.4 Å². The first-order chi connectivity index (χ1) is 12.9. The van der Waals surface area contributed by atoms with E-state index in [9.17, 15) is 9.90 Å². The van der Waals surface area contributed by atoms with Crippen molar-refractivity contribution in [2.75, 3.05) is 11.9 Å². The number of H-pyrrole nitrogens is 1. The van der Waals surface area contributed by atoms with Crippen LogP contribution >= 0.6 is 0 Å². The fourth-order valence-electron chi connectivity index (χ4n) is 4.42. The lowest BCUT2D eigenvalue weighted by Gasteiger charge is -2.28. The molecule has 7 nitrogen and oxygen atoms in total. The minimum Gasteiger partial charge on any atom is -0.396 e. The van der Waals surface area contributed by atoms with Crippen molar-refractivity contribution in [1.82, 2.24) is 20.0 Å². The van der Waals surface area contributed by atoms with Crippen LogP contribution in [0.1, 0.15) is 73.7 Å². The molecule has 7 heteroatoms. The summed E-state index contributed by atoms with van der Waals surface area (Å²) in [5, 5.41) is 24.0. The molecule has 2 aromatic rings. The molecule has 2 aromatic heterocycles. The number of aromatic amines is 1. The van der Waals surface area contributed by atoms with E-state index < -0.39 is 0 Å². The molecule has 3 N–H and O–H groups in total. The number of carbonyl (C=O) groups is 1. The Hall–Kier alpha value is -2.15. The molecule has 1 amide bonds. The Morgan fingerprint density at radius 1 is 1.37 bits per heavy atom. The van der Waals surface area contributed by atoms with Gasteiger partial charge >= 0.3 is 0 Å². The number of rotatable bonds is 4. The van der Waals surface area contributed by atoms with E-state index in [2.05, 4.69) is 34.5 Å². The third-order valence-electron chi connectivity index (χ3n) is 6.18. The summed E-state index contributed by atoms with van der Waals surface area (Å²) < 4.78 is 1.95. The van der Waals surface area contributed by atoms with Crippen LogP contribution in [-0.4, -0.2) is 37.6 Å². The summed E-state index contributed by atoms with van der Waals surface area (Å²) in [7, 11) is 0. The molecule has 1 saturated carbocycles. The number of amides is 1. The summed E-state index contributed by atoms with van der Waals surface area (Å²) in [5.41, 5.74) is 3.62. The quantitative estimate of drug-likeness (QED) is 0.769. The van der Waals surface area contributed by atoms with Gasteiger partial charge in [-0.1, -0.05) is 13.8 Å². The average Bonchev–Trinajstić information content (AvgIpc) is 3.27. The van der Waals surface area contributed by atoms with Crippen molar-refractivity contribution in [3.05, 3.63) is 29.3 Å². The Labute approximate surface area is 159 Å². The highest BCUT2D eigenvalue weighted by atomic mass is 16.3. The normalized spacial score (nSPS) is 24.4. The number of aliphatic hydroxyl groups excluding tert-OH is 1. The molecular weight excluding hydrogens is 342 g/mol. The number of aromatic nitrogens is 4. The highest BCUT2D eigenvalue weighted by molar-refractivity contribution is 6.03. The van der Waals surface area contributed by atoms with Crippen LogP contribution in [0.4, 0.5) is 5.69 Å². The lowest BCUT2D eigenvalue weighted by Crippen LogP contribution is -2.23. The van der Waals surface area contributed by atoms with Gasteiger partial charge in [-0.05, 0) is 56.3 Å². The molecule has 0 atom stereocenters. The van der Waals surface area contributed by atoms with Crippen LogP contribution in [0.2, 0.25) is 0 Å². The van der Waals surface area contributed by atoms with Gasteiger partial charge in [-0.2, -0.15) is 10.2 Å². The molecule has 146 valence electrons. The Bertz CT molecular complexity index is 814. The van der Waals surface area contributed by atoms with Crippen molar-refractivity contribution in [2.45, 2.75) is 64.8 Å². The van der Waals surface area contributed by atoms with Gasteiger partial charge in [0.25, 0.3) is 5.91 Å². The number of hydrogen-bond donors (Lipinski definition) is 3. The minimum absolute atomic E-state index is 0.171. The molecule has 0 aromatic carbocycles. The highest BCUT2D eigenvalue weighted by Gasteiger charge is 2.30. The van der Waals surface area contributed by atoms with Crippen LogP contribution in [0.5, 0.6) is 0 Å². The topological polar surface area (TPSA) is 95.8 Å². The molecule has 0 unspecified atom stereocenters. The second-order valence-corrected chi connectivity index (χ2v) is 8.89. The van der Waals surface area contributed by atoms with E-state index in [-0.39, 0.29) is 17.9 Å². The Morgan fingerprint density at radius 2 is 2.15 bits per heavy atom. The first-order valence-corrected chi connectivity index (χ1v) is 9.97. The van der Waals surface area contributed by atoms with Crippen LogP contribution in [0.3, 0.4) is 0 Å². The number of nitrogens with one attached hydrogen (secondary N) is 2. The van der Waals surface area contributed by atoms with Crippen LogP contribution in [-0.2, 0) is 12.8 Å². The van der Waals surface area contributed by atoms with E-state index in [0.717, 1.165) is 56.2 Å². The zero-order valence-electron chi connectivity index (χ0n) is 16.2. The second kappa shape index (κ2) is 7.11. The standard InChI is InChI=1S/C20H29N5O2/c1-20(2)8-7-16-17(9-20)23-24-18(16)19(27)22-14-10-21-25(11-14)15-5-3-13(12-26)4-6-15/h10-11,13,15,26H,3-9,12H2,1-2H3,(H,22,27)(H,23,24). The molecule has 2 aliphatic rings. The first kappa shape index (κ1) is 18.2. The van der Waals surface area contributed by atoms with Gasteiger partial charge in [0, 0.05) is 24.1 Å². The van der Waals surface area contributed by atoms with Gasteiger partial charge in [0.2, 0.25) is 0 Å². The van der Waals surface area contributed by atoms with Crippen molar-refractivity contribution >= 4 is 11.6 Å². The zero-order chi connectivity index (χ0) is 19.0. The molecular formula is C20H29N5O2. The number of anilines is 1. The third-order valence-corrected chi connectivity index (χ3v) is 6.18. The fraction of sp³-hybridized carbons (Fsp3) is 0.650. The van der Waals surface area contributed by atoms with E-state index >= 15 is 0 Å². The van der Waals surface area contributed by atoms with Crippen molar-refractivity contribution < 1.29 is 9.90 Å². The molecule has 4 rings (SSSR count). The molecule has 0 spiro atoms. The number of nitrogens with zero attached hydrogens (tertiary/aromatic N) is 3. The van der Waals surface area contributed by atoms with E-state index in [4.69, 9.17) is 0 Å². The summed E-state index contributed by atoms with van der Waals surface area (Å²) in [4.78, 5) is 12.7. The monoisotopic (exact) mass is 371 g/mol. The summed E-state index contributed by atoms with van der Waals surface area (Å²) >= 11 is 0. The SMILES string of the molecule is CC1(C)CCc2c(C(=O)Nc3cnn(C4CCC(CO)CC4)c3)n[nH]c2C1. The Balaban J connectivity index is 1.41. The van der Waals surface area contributed by atoms with Gasteiger partial charge in [-0.25, -0.2) is 0 Å².